The number of anilines is 1. The molecule has 0 saturated carbocycles. The van der Waals surface area contributed by atoms with E-state index in [0.717, 1.165) is 16.8 Å². The molecule has 2 aromatic carbocycles. The molecule has 3 aromatic rings. The van der Waals surface area contributed by atoms with Crippen LogP contribution < -0.4 is 5.32 Å². The maximum atomic E-state index is 13.0. The zero-order valence-electron chi connectivity index (χ0n) is 13.6. The van der Waals surface area contributed by atoms with E-state index in [1.807, 2.05) is 19.1 Å². The molecule has 0 atom stereocenters. The minimum atomic E-state index is -0.322. The maximum absolute atomic E-state index is 13.0. The zero-order chi connectivity index (χ0) is 17.8. The number of rotatable bonds is 5. The Morgan fingerprint density at radius 2 is 1.84 bits per heavy atom. The molecule has 0 spiro atoms. The SMILES string of the molecule is CCc1[nH]nc(-c2ccc(Cl)cc2)c1NC(=O)Cc1ccc(F)cc1. The van der Waals surface area contributed by atoms with Gasteiger partial charge in [0.15, 0.2) is 0 Å². The summed E-state index contributed by atoms with van der Waals surface area (Å²) in [5.41, 5.74) is 3.78. The third-order valence-electron chi connectivity index (χ3n) is 3.85. The molecule has 3 rings (SSSR count). The Morgan fingerprint density at radius 1 is 1.16 bits per heavy atom. The molecule has 0 unspecified atom stereocenters. The lowest BCUT2D eigenvalue weighted by Gasteiger charge is -2.08. The Labute approximate surface area is 150 Å². The summed E-state index contributed by atoms with van der Waals surface area (Å²) < 4.78 is 13.0. The number of carbonyl (C=O) groups is 1. The van der Waals surface area contributed by atoms with Crippen LogP contribution >= 0.6 is 11.6 Å². The third kappa shape index (κ3) is 4.06. The summed E-state index contributed by atoms with van der Waals surface area (Å²) in [5.74, 6) is -0.504. The van der Waals surface area contributed by atoms with Gasteiger partial charge in [-0.15, -0.1) is 0 Å². The second-order valence-electron chi connectivity index (χ2n) is 5.64. The Kier molecular flexibility index (Phi) is 5.14. The highest BCUT2D eigenvalue weighted by Crippen LogP contribution is 2.30. The summed E-state index contributed by atoms with van der Waals surface area (Å²) in [4.78, 5) is 12.4. The van der Waals surface area contributed by atoms with Gasteiger partial charge in [0, 0.05) is 10.6 Å². The number of benzene rings is 2. The average molecular weight is 358 g/mol. The highest BCUT2D eigenvalue weighted by molar-refractivity contribution is 6.30. The number of aryl methyl sites for hydroxylation is 1. The molecule has 1 amide bonds. The van der Waals surface area contributed by atoms with Gasteiger partial charge in [-0.2, -0.15) is 5.10 Å². The van der Waals surface area contributed by atoms with Crippen molar-refractivity contribution in [2.75, 3.05) is 5.32 Å². The van der Waals surface area contributed by atoms with E-state index in [9.17, 15) is 9.18 Å². The standard InChI is InChI=1S/C19H17ClFN3O/c1-2-16-19(18(24-23-16)13-5-7-14(20)8-6-13)22-17(25)11-12-3-9-15(21)10-4-12/h3-10H,2,11H2,1H3,(H,22,25)(H,23,24). The molecule has 0 aliphatic rings. The number of H-pyrrole nitrogens is 1. The molecule has 128 valence electrons. The van der Waals surface area contributed by atoms with Gasteiger partial charge in [0.25, 0.3) is 0 Å². The van der Waals surface area contributed by atoms with Crippen molar-refractivity contribution in [3.63, 3.8) is 0 Å². The van der Waals surface area contributed by atoms with Crippen molar-refractivity contribution >= 4 is 23.2 Å². The van der Waals surface area contributed by atoms with Gasteiger partial charge in [-0.05, 0) is 36.2 Å². The van der Waals surface area contributed by atoms with Gasteiger partial charge in [0.1, 0.15) is 11.5 Å². The number of aromatic amines is 1. The molecule has 0 saturated heterocycles. The fourth-order valence-corrected chi connectivity index (χ4v) is 2.68. The molecule has 0 fully saturated rings. The molecule has 4 nitrogen and oxygen atoms in total. The summed E-state index contributed by atoms with van der Waals surface area (Å²) in [5, 5.41) is 10.9. The Hall–Kier alpha value is -2.66. The third-order valence-corrected chi connectivity index (χ3v) is 4.11. The first-order valence-corrected chi connectivity index (χ1v) is 8.32. The minimum absolute atomic E-state index is 0.161. The van der Waals surface area contributed by atoms with Crippen molar-refractivity contribution in [2.24, 2.45) is 0 Å². The first-order valence-electron chi connectivity index (χ1n) is 7.94. The van der Waals surface area contributed by atoms with Crippen LogP contribution in [0, 0.1) is 5.82 Å². The lowest BCUT2D eigenvalue weighted by Crippen LogP contribution is -2.15. The topological polar surface area (TPSA) is 57.8 Å². The van der Waals surface area contributed by atoms with Crippen LogP contribution in [0.1, 0.15) is 18.2 Å². The van der Waals surface area contributed by atoms with Crippen LogP contribution in [-0.2, 0) is 17.6 Å². The number of nitrogens with zero attached hydrogens (tertiary/aromatic N) is 1. The maximum Gasteiger partial charge on any atom is 0.228 e. The molecular formula is C19H17ClFN3O. The summed E-state index contributed by atoms with van der Waals surface area (Å²) in [6.07, 6.45) is 0.863. The number of halogens is 2. The monoisotopic (exact) mass is 357 g/mol. The van der Waals surface area contributed by atoms with Crippen molar-refractivity contribution < 1.29 is 9.18 Å². The fourth-order valence-electron chi connectivity index (χ4n) is 2.56. The van der Waals surface area contributed by atoms with E-state index in [4.69, 9.17) is 11.6 Å². The van der Waals surface area contributed by atoms with Crippen molar-refractivity contribution in [1.29, 1.82) is 0 Å². The molecule has 0 aliphatic heterocycles. The molecular weight excluding hydrogens is 341 g/mol. The first-order chi connectivity index (χ1) is 12.1. The molecule has 0 radical (unpaired) electrons. The van der Waals surface area contributed by atoms with Crippen molar-refractivity contribution in [2.45, 2.75) is 19.8 Å². The van der Waals surface area contributed by atoms with E-state index >= 15 is 0 Å². The molecule has 25 heavy (non-hydrogen) atoms. The van der Waals surface area contributed by atoms with Crippen molar-refractivity contribution in [1.82, 2.24) is 10.2 Å². The summed E-state index contributed by atoms with van der Waals surface area (Å²) in [7, 11) is 0. The Bertz CT molecular complexity index is 873. The van der Waals surface area contributed by atoms with Gasteiger partial charge in [-0.25, -0.2) is 4.39 Å². The number of hydrogen-bond donors (Lipinski definition) is 2. The van der Waals surface area contributed by atoms with Crippen LogP contribution in [0.5, 0.6) is 0 Å². The van der Waals surface area contributed by atoms with E-state index in [2.05, 4.69) is 15.5 Å². The Morgan fingerprint density at radius 3 is 2.48 bits per heavy atom. The molecule has 2 N–H and O–H groups in total. The van der Waals surface area contributed by atoms with E-state index in [1.165, 1.54) is 12.1 Å². The normalized spacial score (nSPS) is 10.7. The summed E-state index contributed by atoms with van der Waals surface area (Å²) in [6, 6.07) is 13.2. The molecule has 1 heterocycles. The summed E-state index contributed by atoms with van der Waals surface area (Å²) in [6.45, 7) is 1.98. The van der Waals surface area contributed by atoms with Crippen molar-refractivity contribution in [3.05, 3.63) is 70.6 Å². The number of aromatic nitrogens is 2. The van der Waals surface area contributed by atoms with Gasteiger partial charge in [-0.1, -0.05) is 42.8 Å². The number of amides is 1. The highest BCUT2D eigenvalue weighted by atomic mass is 35.5. The van der Waals surface area contributed by atoms with Crippen LogP contribution in [0.25, 0.3) is 11.3 Å². The molecule has 0 bridgehead atoms. The predicted molar refractivity (Wildman–Crippen MR) is 97.1 cm³/mol. The van der Waals surface area contributed by atoms with Gasteiger partial charge < -0.3 is 5.32 Å². The Balaban J connectivity index is 1.83. The second kappa shape index (κ2) is 7.49. The second-order valence-corrected chi connectivity index (χ2v) is 6.07. The van der Waals surface area contributed by atoms with Crippen LogP contribution in [0.4, 0.5) is 10.1 Å². The minimum Gasteiger partial charge on any atom is -0.322 e. The first kappa shape index (κ1) is 17.2. The van der Waals surface area contributed by atoms with Crippen LogP contribution in [0.3, 0.4) is 0 Å². The van der Waals surface area contributed by atoms with Gasteiger partial charge >= 0.3 is 0 Å². The quantitative estimate of drug-likeness (QED) is 0.700. The zero-order valence-corrected chi connectivity index (χ0v) is 14.4. The largest absolute Gasteiger partial charge is 0.322 e. The lowest BCUT2D eigenvalue weighted by molar-refractivity contribution is -0.115. The molecule has 6 heteroatoms. The summed E-state index contributed by atoms with van der Waals surface area (Å²) >= 11 is 5.93. The number of hydrogen-bond acceptors (Lipinski definition) is 2. The average Bonchev–Trinajstić information content (AvgIpc) is 3.00. The number of carbonyl (C=O) groups excluding carboxylic acids is 1. The predicted octanol–water partition coefficient (Wildman–Crippen LogP) is 4.61. The highest BCUT2D eigenvalue weighted by Gasteiger charge is 2.16. The fraction of sp³-hybridized carbons (Fsp3) is 0.158. The van der Waals surface area contributed by atoms with Gasteiger partial charge in [0.2, 0.25) is 5.91 Å². The van der Waals surface area contributed by atoms with Crippen LogP contribution in [0.15, 0.2) is 48.5 Å². The van der Waals surface area contributed by atoms with E-state index in [1.54, 1.807) is 24.3 Å². The van der Waals surface area contributed by atoms with E-state index in [-0.39, 0.29) is 18.1 Å². The number of nitrogens with one attached hydrogen (secondary N) is 2. The van der Waals surface area contributed by atoms with Gasteiger partial charge in [0.05, 0.1) is 17.8 Å². The van der Waals surface area contributed by atoms with E-state index < -0.39 is 0 Å². The molecule has 1 aromatic heterocycles. The molecule has 0 aliphatic carbocycles. The van der Waals surface area contributed by atoms with Crippen LogP contribution in [0.2, 0.25) is 5.02 Å². The lowest BCUT2D eigenvalue weighted by atomic mass is 10.1. The van der Waals surface area contributed by atoms with Crippen LogP contribution in [-0.4, -0.2) is 16.1 Å². The smallest absolute Gasteiger partial charge is 0.228 e. The van der Waals surface area contributed by atoms with E-state index in [0.29, 0.717) is 22.8 Å². The van der Waals surface area contributed by atoms with Crippen molar-refractivity contribution in [3.8, 4) is 11.3 Å². The van der Waals surface area contributed by atoms with Gasteiger partial charge in [-0.3, -0.25) is 9.89 Å².